The van der Waals surface area contributed by atoms with E-state index in [0.717, 1.165) is 0 Å². The molecule has 7 heteroatoms. The molecule has 1 aromatic carbocycles. The maximum Gasteiger partial charge on any atom is 0.267 e. The SMILES string of the molecule is CCS(=O)(=O)CC(C)NC(=O)c1cc2c(F)cccc2[nH]1. The second-order valence-electron chi connectivity index (χ2n) is 4.96. The van der Waals surface area contributed by atoms with E-state index in [-0.39, 0.29) is 17.2 Å². The predicted octanol–water partition coefficient (Wildman–Crippen LogP) is 1.86. The molecule has 0 bridgehead atoms. The molecule has 2 N–H and O–H groups in total. The second kappa shape index (κ2) is 5.85. The van der Waals surface area contributed by atoms with Crippen molar-refractivity contribution >= 4 is 26.6 Å². The number of nitrogens with one attached hydrogen (secondary N) is 2. The number of H-pyrrole nitrogens is 1. The third-order valence-corrected chi connectivity index (χ3v) is 5.06. The van der Waals surface area contributed by atoms with E-state index in [0.29, 0.717) is 10.9 Å². The fourth-order valence-electron chi connectivity index (χ4n) is 2.08. The van der Waals surface area contributed by atoms with E-state index in [2.05, 4.69) is 10.3 Å². The number of hydrogen-bond donors (Lipinski definition) is 2. The molecule has 0 fully saturated rings. The zero-order valence-electron chi connectivity index (χ0n) is 11.8. The van der Waals surface area contributed by atoms with Gasteiger partial charge in [-0.2, -0.15) is 0 Å². The van der Waals surface area contributed by atoms with Crippen LogP contribution >= 0.6 is 0 Å². The van der Waals surface area contributed by atoms with Gasteiger partial charge >= 0.3 is 0 Å². The standard InChI is InChI=1S/C14H17FN2O3S/c1-3-21(19,20)8-9(2)16-14(18)13-7-10-11(15)5-4-6-12(10)17-13/h4-7,9,17H,3,8H2,1-2H3,(H,16,18). The Hall–Kier alpha value is -1.89. The lowest BCUT2D eigenvalue weighted by Crippen LogP contribution is -2.38. The smallest absolute Gasteiger partial charge is 0.267 e. The van der Waals surface area contributed by atoms with E-state index in [1.165, 1.54) is 12.1 Å². The Morgan fingerprint density at radius 1 is 1.43 bits per heavy atom. The van der Waals surface area contributed by atoms with Crippen LogP contribution in [0.1, 0.15) is 24.3 Å². The quantitative estimate of drug-likeness (QED) is 0.884. The van der Waals surface area contributed by atoms with Gasteiger partial charge in [-0.25, -0.2) is 12.8 Å². The van der Waals surface area contributed by atoms with Crippen LogP contribution in [0.15, 0.2) is 24.3 Å². The minimum Gasteiger partial charge on any atom is -0.350 e. The molecule has 21 heavy (non-hydrogen) atoms. The van der Waals surface area contributed by atoms with Gasteiger partial charge in [0.15, 0.2) is 9.84 Å². The van der Waals surface area contributed by atoms with E-state index in [4.69, 9.17) is 0 Å². The van der Waals surface area contributed by atoms with E-state index >= 15 is 0 Å². The summed E-state index contributed by atoms with van der Waals surface area (Å²) < 4.78 is 36.6. The summed E-state index contributed by atoms with van der Waals surface area (Å²) in [5.41, 5.74) is 0.727. The van der Waals surface area contributed by atoms with Crippen LogP contribution in [0.25, 0.3) is 10.9 Å². The van der Waals surface area contributed by atoms with Gasteiger partial charge in [0.2, 0.25) is 0 Å². The zero-order chi connectivity index (χ0) is 15.6. The van der Waals surface area contributed by atoms with Crippen molar-refractivity contribution in [2.75, 3.05) is 11.5 Å². The first-order chi connectivity index (χ1) is 9.82. The van der Waals surface area contributed by atoms with E-state index in [1.807, 2.05) is 0 Å². The van der Waals surface area contributed by atoms with Crippen molar-refractivity contribution in [1.82, 2.24) is 10.3 Å². The van der Waals surface area contributed by atoms with Crippen LogP contribution < -0.4 is 5.32 Å². The van der Waals surface area contributed by atoms with Crippen molar-refractivity contribution in [2.24, 2.45) is 0 Å². The van der Waals surface area contributed by atoms with Crippen molar-refractivity contribution < 1.29 is 17.6 Å². The summed E-state index contributed by atoms with van der Waals surface area (Å²) in [6.07, 6.45) is 0. The molecular weight excluding hydrogens is 295 g/mol. The lowest BCUT2D eigenvalue weighted by molar-refractivity contribution is 0.0939. The average Bonchev–Trinajstić information content (AvgIpc) is 2.83. The molecule has 0 radical (unpaired) electrons. The number of aromatic amines is 1. The highest BCUT2D eigenvalue weighted by atomic mass is 32.2. The molecule has 114 valence electrons. The molecule has 0 saturated heterocycles. The van der Waals surface area contributed by atoms with Gasteiger partial charge in [-0.3, -0.25) is 4.79 Å². The molecule has 0 aliphatic carbocycles. The molecule has 0 spiro atoms. The van der Waals surface area contributed by atoms with Crippen molar-refractivity contribution in [3.05, 3.63) is 35.8 Å². The van der Waals surface area contributed by atoms with Crippen molar-refractivity contribution in [1.29, 1.82) is 0 Å². The average molecular weight is 312 g/mol. The van der Waals surface area contributed by atoms with Gasteiger partial charge in [-0.05, 0) is 25.1 Å². The Kier molecular flexibility index (Phi) is 4.32. The summed E-state index contributed by atoms with van der Waals surface area (Å²) >= 11 is 0. The van der Waals surface area contributed by atoms with Gasteiger partial charge in [0.05, 0.1) is 5.75 Å². The highest BCUT2D eigenvalue weighted by molar-refractivity contribution is 7.91. The topological polar surface area (TPSA) is 79.0 Å². The number of halogens is 1. The number of sulfone groups is 1. The number of fused-ring (bicyclic) bond motifs is 1. The molecule has 1 unspecified atom stereocenters. The number of rotatable bonds is 5. The first-order valence-electron chi connectivity index (χ1n) is 6.61. The summed E-state index contributed by atoms with van der Waals surface area (Å²) in [7, 11) is -3.16. The number of carbonyl (C=O) groups is 1. The van der Waals surface area contributed by atoms with Crippen LogP contribution in [0.3, 0.4) is 0 Å². The van der Waals surface area contributed by atoms with Crippen LogP contribution in [0.4, 0.5) is 4.39 Å². The molecule has 5 nitrogen and oxygen atoms in total. The third kappa shape index (κ3) is 3.60. The molecular formula is C14H17FN2O3S. The molecule has 0 aliphatic heterocycles. The van der Waals surface area contributed by atoms with Crippen LogP contribution in [0, 0.1) is 5.82 Å². The van der Waals surface area contributed by atoms with E-state index < -0.39 is 27.6 Å². The fraction of sp³-hybridized carbons (Fsp3) is 0.357. The summed E-state index contributed by atoms with van der Waals surface area (Å²) in [5, 5.41) is 2.93. The number of carbonyl (C=O) groups excluding carboxylic acids is 1. The highest BCUT2D eigenvalue weighted by Gasteiger charge is 2.18. The minimum absolute atomic E-state index is 0.0325. The van der Waals surface area contributed by atoms with Gasteiger partial charge in [0.1, 0.15) is 11.5 Å². The lowest BCUT2D eigenvalue weighted by Gasteiger charge is -2.12. The van der Waals surface area contributed by atoms with Gasteiger partial charge in [-0.1, -0.05) is 13.0 Å². The van der Waals surface area contributed by atoms with Crippen molar-refractivity contribution in [3.63, 3.8) is 0 Å². The number of benzene rings is 1. The Bertz CT molecular complexity index is 768. The largest absolute Gasteiger partial charge is 0.350 e. The predicted molar refractivity (Wildman–Crippen MR) is 79.5 cm³/mol. The monoisotopic (exact) mass is 312 g/mol. The molecule has 1 aromatic heterocycles. The lowest BCUT2D eigenvalue weighted by atomic mass is 10.2. The molecule has 0 aliphatic rings. The van der Waals surface area contributed by atoms with Crippen molar-refractivity contribution in [3.8, 4) is 0 Å². The molecule has 1 amide bonds. The summed E-state index contributed by atoms with van der Waals surface area (Å²) in [6, 6.07) is 5.43. The van der Waals surface area contributed by atoms with E-state index in [1.54, 1.807) is 26.0 Å². The number of amides is 1. The van der Waals surface area contributed by atoms with Crippen LogP contribution in [-0.4, -0.2) is 36.9 Å². The van der Waals surface area contributed by atoms with E-state index in [9.17, 15) is 17.6 Å². The van der Waals surface area contributed by atoms with Crippen LogP contribution in [0.5, 0.6) is 0 Å². The molecule has 1 atom stereocenters. The zero-order valence-corrected chi connectivity index (χ0v) is 12.6. The van der Waals surface area contributed by atoms with Gasteiger partial charge in [0, 0.05) is 22.7 Å². The Morgan fingerprint density at radius 2 is 2.14 bits per heavy atom. The Labute approximate surface area is 122 Å². The normalized spacial score (nSPS) is 13.3. The molecule has 1 heterocycles. The summed E-state index contributed by atoms with van der Waals surface area (Å²) in [6.45, 7) is 3.18. The number of aromatic nitrogens is 1. The second-order valence-corrected chi connectivity index (χ2v) is 7.36. The third-order valence-electron chi connectivity index (χ3n) is 3.18. The maximum atomic E-state index is 13.6. The van der Waals surface area contributed by atoms with Crippen LogP contribution in [0.2, 0.25) is 0 Å². The summed E-state index contributed by atoms with van der Waals surface area (Å²) in [5.74, 6) is -0.955. The number of hydrogen-bond acceptors (Lipinski definition) is 3. The summed E-state index contributed by atoms with van der Waals surface area (Å²) in [4.78, 5) is 14.9. The first kappa shape index (κ1) is 15.5. The van der Waals surface area contributed by atoms with Gasteiger partial charge < -0.3 is 10.3 Å². The Morgan fingerprint density at radius 3 is 2.76 bits per heavy atom. The van der Waals surface area contributed by atoms with Gasteiger partial charge in [0.25, 0.3) is 5.91 Å². The van der Waals surface area contributed by atoms with Crippen molar-refractivity contribution in [2.45, 2.75) is 19.9 Å². The Balaban J connectivity index is 2.14. The minimum atomic E-state index is -3.16. The highest BCUT2D eigenvalue weighted by Crippen LogP contribution is 2.18. The maximum absolute atomic E-state index is 13.6. The van der Waals surface area contributed by atoms with Crippen LogP contribution in [-0.2, 0) is 9.84 Å². The molecule has 0 saturated carbocycles. The van der Waals surface area contributed by atoms with Gasteiger partial charge in [-0.15, -0.1) is 0 Å². The fourth-order valence-corrected chi connectivity index (χ4v) is 3.16. The first-order valence-corrected chi connectivity index (χ1v) is 8.43. The molecule has 2 aromatic rings. The molecule has 2 rings (SSSR count).